The maximum absolute atomic E-state index is 13.4. The first-order valence-corrected chi connectivity index (χ1v) is 11.8. The molecule has 0 unspecified atom stereocenters. The Morgan fingerprint density at radius 2 is 1.53 bits per heavy atom. The highest BCUT2D eigenvalue weighted by atomic mass is 32.2. The molecule has 1 N–H and O–H groups in total. The highest BCUT2D eigenvalue weighted by Gasteiger charge is 2.33. The third kappa shape index (κ3) is 5.15. The molecule has 10 heteroatoms. The number of rotatable bonds is 5. The van der Waals surface area contributed by atoms with Crippen LogP contribution in [0, 0.1) is 23.4 Å². The van der Waals surface area contributed by atoms with E-state index in [2.05, 4.69) is 23.5 Å². The number of nitrogens with zero attached hydrogens (tertiary/aromatic N) is 2. The fourth-order valence-electron chi connectivity index (χ4n) is 4.15. The Morgan fingerprint density at radius 1 is 1.00 bits per heavy atom. The predicted molar refractivity (Wildman–Crippen MR) is 106 cm³/mol. The van der Waals surface area contributed by atoms with Crippen molar-refractivity contribution in [2.45, 2.75) is 56.5 Å². The Kier molecular flexibility index (Phi) is 7.09. The van der Waals surface area contributed by atoms with Crippen molar-refractivity contribution in [2.24, 2.45) is 5.92 Å². The molecule has 3 rings (SSSR count). The van der Waals surface area contributed by atoms with Gasteiger partial charge in [-0.05, 0) is 51.7 Å². The number of amides is 1. The zero-order valence-corrected chi connectivity index (χ0v) is 18.0. The minimum Gasteiger partial charge on any atom is -0.340 e. The van der Waals surface area contributed by atoms with E-state index < -0.39 is 38.4 Å². The van der Waals surface area contributed by atoms with Gasteiger partial charge in [-0.1, -0.05) is 0 Å². The first-order valence-electron chi connectivity index (χ1n) is 10.3. The second-order valence-corrected chi connectivity index (χ2v) is 10.0. The van der Waals surface area contributed by atoms with E-state index in [0.717, 1.165) is 13.1 Å². The highest BCUT2D eigenvalue weighted by Crippen LogP contribution is 2.28. The Labute approximate surface area is 175 Å². The number of benzene rings is 1. The van der Waals surface area contributed by atoms with Gasteiger partial charge in [-0.15, -0.1) is 0 Å². The minimum absolute atomic E-state index is 0.113. The highest BCUT2D eigenvalue weighted by molar-refractivity contribution is 7.89. The third-order valence-corrected chi connectivity index (χ3v) is 7.52. The third-order valence-electron chi connectivity index (χ3n) is 6.02. The molecule has 1 aliphatic heterocycles. The number of piperazine rings is 1. The summed E-state index contributed by atoms with van der Waals surface area (Å²) in [4.78, 5) is 16.4. The summed E-state index contributed by atoms with van der Waals surface area (Å²) in [5, 5.41) is 0. The van der Waals surface area contributed by atoms with Crippen LogP contribution in [0.15, 0.2) is 17.0 Å². The Morgan fingerprint density at radius 3 is 2.03 bits per heavy atom. The van der Waals surface area contributed by atoms with Gasteiger partial charge in [-0.2, -0.15) is 0 Å². The molecule has 1 saturated carbocycles. The van der Waals surface area contributed by atoms with Gasteiger partial charge < -0.3 is 4.90 Å². The summed E-state index contributed by atoms with van der Waals surface area (Å²) in [5.74, 6) is -4.84. The maximum Gasteiger partial charge on any atom is 0.241 e. The molecular weight excluding hydrogens is 419 g/mol. The Hall–Kier alpha value is -1.65. The van der Waals surface area contributed by atoms with Crippen LogP contribution < -0.4 is 4.72 Å². The van der Waals surface area contributed by atoms with Crippen LogP contribution in [-0.2, 0) is 14.8 Å². The molecule has 1 aromatic carbocycles. The van der Waals surface area contributed by atoms with Crippen molar-refractivity contribution < 1.29 is 26.4 Å². The van der Waals surface area contributed by atoms with Crippen molar-refractivity contribution in [3.05, 3.63) is 29.6 Å². The lowest BCUT2D eigenvalue weighted by molar-refractivity contribution is -0.138. The van der Waals surface area contributed by atoms with Crippen LogP contribution in [0.25, 0.3) is 0 Å². The molecular formula is C20H28F3N3O3S. The Bertz CT molecular complexity index is 856. The number of sulfonamides is 1. The molecule has 0 atom stereocenters. The zero-order valence-electron chi connectivity index (χ0n) is 17.2. The molecule has 1 aromatic rings. The first kappa shape index (κ1) is 23.0. The molecule has 0 bridgehead atoms. The number of carbonyl (C=O) groups excluding carboxylic acids is 1. The molecule has 1 amide bonds. The van der Waals surface area contributed by atoms with Gasteiger partial charge in [0.15, 0.2) is 17.5 Å². The summed E-state index contributed by atoms with van der Waals surface area (Å²) in [6.07, 6.45) is 1.99. The molecule has 0 spiro atoms. The summed E-state index contributed by atoms with van der Waals surface area (Å²) >= 11 is 0. The molecule has 2 fully saturated rings. The smallest absolute Gasteiger partial charge is 0.241 e. The van der Waals surface area contributed by atoms with Crippen molar-refractivity contribution in [2.75, 3.05) is 26.2 Å². The maximum atomic E-state index is 13.4. The number of halogens is 3. The lowest BCUT2D eigenvalue weighted by atomic mass is 9.85. The lowest BCUT2D eigenvalue weighted by Gasteiger charge is -2.39. The monoisotopic (exact) mass is 447 g/mol. The van der Waals surface area contributed by atoms with E-state index in [1.165, 1.54) is 0 Å². The molecule has 1 aliphatic carbocycles. The van der Waals surface area contributed by atoms with Crippen molar-refractivity contribution in [1.29, 1.82) is 0 Å². The average molecular weight is 448 g/mol. The summed E-state index contributed by atoms with van der Waals surface area (Å²) < 4.78 is 67.1. The van der Waals surface area contributed by atoms with Gasteiger partial charge in [-0.3, -0.25) is 9.69 Å². The fourth-order valence-corrected chi connectivity index (χ4v) is 5.48. The summed E-state index contributed by atoms with van der Waals surface area (Å²) in [6, 6.07) is 0.946. The van der Waals surface area contributed by atoms with Gasteiger partial charge in [0, 0.05) is 44.2 Å². The van der Waals surface area contributed by atoms with Crippen LogP contribution in [0.5, 0.6) is 0 Å². The molecule has 168 valence electrons. The van der Waals surface area contributed by atoms with E-state index in [-0.39, 0.29) is 11.8 Å². The topological polar surface area (TPSA) is 69.7 Å². The van der Waals surface area contributed by atoms with E-state index in [1.54, 1.807) is 0 Å². The summed E-state index contributed by atoms with van der Waals surface area (Å²) in [7, 11) is -4.19. The van der Waals surface area contributed by atoms with Gasteiger partial charge in [0.2, 0.25) is 15.9 Å². The van der Waals surface area contributed by atoms with E-state index in [0.29, 0.717) is 56.9 Å². The van der Waals surface area contributed by atoms with Crippen LogP contribution in [0.1, 0.15) is 39.5 Å². The van der Waals surface area contributed by atoms with Crippen LogP contribution in [0.2, 0.25) is 0 Å². The van der Waals surface area contributed by atoms with Crippen molar-refractivity contribution in [3.63, 3.8) is 0 Å². The second-order valence-electron chi connectivity index (χ2n) is 8.33. The Balaban J connectivity index is 1.54. The van der Waals surface area contributed by atoms with E-state index in [9.17, 15) is 26.4 Å². The second kappa shape index (κ2) is 9.23. The van der Waals surface area contributed by atoms with Gasteiger partial charge in [-0.25, -0.2) is 26.3 Å². The number of hydrogen-bond acceptors (Lipinski definition) is 4. The van der Waals surface area contributed by atoms with Gasteiger partial charge in [0.1, 0.15) is 0 Å². The molecule has 30 heavy (non-hydrogen) atoms. The molecule has 0 aromatic heterocycles. The average Bonchev–Trinajstić information content (AvgIpc) is 2.71. The van der Waals surface area contributed by atoms with E-state index in [4.69, 9.17) is 0 Å². The number of hydrogen-bond donors (Lipinski definition) is 1. The van der Waals surface area contributed by atoms with Crippen LogP contribution >= 0.6 is 0 Å². The standard InChI is InChI=1S/C20H28F3N3O3S/c1-13(2)25-7-9-26(10-8-25)20(27)14-3-5-15(6-4-14)24-30(28,29)16-11-17(21)19(23)18(22)12-16/h11-15,24H,3-10H2,1-2H3/t14-,15+. The molecule has 1 saturated heterocycles. The van der Waals surface area contributed by atoms with Crippen LogP contribution in [-0.4, -0.2) is 62.4 Å². The summed E-state index contributed by atoms with van der Waals surface area (Å²) in [6.45, 7) is 7.37. The molecule has 1 heterocycles. The van der Waals surface area contributed by atoms with Gasteiger partial charge >= 0.3 is 0 Å². The molecule has 2 aliphatic rings. The predicted octanol–water partition coefficient (Wildman–Crippen LogP) is 2.49. The fraction of sp³-hybridized carbons (Fsp3) is 0.650. The normalized spacial score (nSPS) is 23.7. The van der Waals surface area contributed by atoms with E-state index in [1.807, 2.05) is 4.90 Å². The lowest BCUT2D eigenvalue weighted by Crippen LogP contribution is -2.52. The van der Waals surface area contributed by atoms with Gasteiger partial charge in [0.05, 0.1) is 4.90 Å². The van der Waals surface area contributed by atoms with Crippen LogP contribution in [0.4, 0.5) is 13.2 Å². The number of carbonyl (C=O) groups is 1. The SMILES string of the molecule is CC(C)N1CCN(C(=O)[C@H]2CC[C@@H](NS(=O)(=O)c3cc(F)c(F)c(F)c3)CC2)CC1. The van der Waals surface area contributed by atoms with Gasteiger partial charge in [0.25, 0.3) is 0 Å². The minimum atomic E-state index is -4.19. The summed E-state index contributed by atoms with van der Waals surface area (Å²) in [5.41, 5.74) is 0. The van der Waals surface area contributed by atoms with Crippen molar-refractivity contribution >= 4 is 15.9 Å². The van der Waals surface area contributed by atoms with Crippen molar-refractivity contribution in [3.8, 4) is 0 Å². The van der Waals surface area contributed by atoms with E-state index >= 15 is 0 Å². The van der Waals surface area contributed by atoms with Crippen molar-refractivity contribution in [1.82, 2.24) is 14.5 Å². The largest absolute Gasteiger partial charge is 0.340 e. The first-order chi connectivity index (χ1) is 14.1. The molecule has 6 nitrogen and oxygen atoms in total. The number of nitrogens with one attached hydrogen (secondary N) is 1. The molecule has 0 radical (unpaired) electrons. The zero-order chi connectivity index (χ0) is 22.1. The van der Waals surface area contributed by atoms with Crippen LogP contribution in [0.3, 0.4) is 0 Å². The quantitative estimate of drug-likeness (QED) is 0.705.